The molecule has 3 atom stereocenters. The lowest BCUT2D eigenvalue weighted by atomic mass is 9.93. The van der Waals surface area contributed by atoms with Gasteiger partial charge < -0.3 is 49.6 Å². The van der Waals surface area contributed by atoms with Crippen LogP contribution in [0.4, 0.5) is 20.8 Å². The Hall–Kier alpha value is -8.36. The fourth-order valence-electron chi connectivity index (χ4n) is 10.7. The van der Waals surface area contributed by atoms with Crippen LogP contribution in [0.15, 0.2) is 114 Å². The first kappa shape index (κ1) is 61.2. The lowest BCUT2D eigenvalue weighted by molar-refractivity contribution is -0.136. The van der Waals surface area contributed by atoms with E-state index in [2.05, 4.69) is 22.9 Å². The van der Waals surface area contributed by atoms with Gasteiger partial charge in [0.05, 0.1) is 93.5 Å². The molecule has 9 rings (SSSR count). The Morgan fingerprint density at radius 3 is 2.38 bits per heavy atom. The highest BCUT2D eigenvalue weighted by Gasteiger charge is 2.46. The number of allylic oxidation sites excluding steroid dienone is 2. The standard InChI is InChI=1S/C61H68Cl2FN13O8/c1-38(2)85-51-33-45(82-5)19-20-46(51)59-70-56(40-11-15-42(62)16-12-40)57(41-13-17-43(63)18-14-41)77(59)61(81)74-26-25-73(54(80)37-74)27-29-84-31-30-83-28-21-52(78)67-22-24-76-50(34-65)55-47-35-68-58(66)60(69-47)75-23-7-9-49(75)39(3)32-44(64)8-6-10-53(79)72(4)36-48(55)71-76/h6,8,11-20,32-33,35,38,49,56-57H,3,7,9-10,21-31,36-37H2,1-2,4-5H3,(H2,66,68)(H,67,78)/b8-6-,44-32+/t49-,56+,57-/m1/s1. The first-order chi connectivity index (χ1) is 41.0. The predicted molar refractivity (Wildman–Crippen MR) is 320 cm³/mol. The van der Waals surface area contributed by atoms with E-state index >= 15 is 4.79 Å². The van der Waals surface area contributed by atoms with Crippen LogP contribution in [-0.2, 0) is 36.9 Å². The van der Waals surface area contributed by atoms with Crippen molar-refractivity contribution in [1.29, 1.82) is 5.26 Å². The third-order valence-corrected chi connectivity index (χ3v) is 15.4. The lowest BCUT2D eigenvalue weighted by Gasteiger charge is -2.38. The smallest absolute Gasteiger partial charge is 0.326 e. The van der Waals surface area contributed by atoms with Crippen LogP contribution >= 0.6 is 23.2 Å². The number of carbonyl (C=O) groups excluding carboxylic acids is 4. The Kier molecular flexibility index (Phi) is 20.2. The summed E-state index contributed by atoms with van der Waals surface area (Å²) in [7, 11) is 3.16. The van der Waals surface area contributed by atoms with Crippen molar-refractivity contribution < 1.29 is 42.5 Å². The number of methoxy groups -OCH3 is 1. The van der Waals surface area contributed by atoms with E-state index in [1.807, 2.05) is 49.1 Å². The number of hydrogen-bond acceptors (Lipinski definition) is 15. The van der Waals surface area contributed by atoms with Gasteiger partial charge in [-0.15, -0.1) is 0 Å². The van der Waals surface area contributed by atoms with E-state index < -0.39 is 23.9 Å². The highest BCUT2D eigenvalue weighted by Crippen LogP contribution is 2.46. The summed E-state index contributed by atoms with van der Waals surface area (Å²) in [5.41, 5.74) is 10.3. The summed E-state index contributed by atoms with van der Waals surface area (Å²) >= 11 is 12.7. The van der Waals surface area contributed by atoms with Crippen LogP contribution in [0.3, 0.4) is 0 Å². The quantitative estimate of drug-likeness (QED) is 0.0786. The number of amidine groups is 1. The number of carbonyl (C=O) groups is 4. The van der Waals surface area contributed by atoms with Crippen molar-refractivity contribution in [2.75, 3.05) is 90.5 Å². The van der Waals surface area contributed by atoms with Crippen molar-refractivity contribution in [2.24, 2.45) is 4.99 Å². The van der Waals surface area contributed by atoms with Crippen LogP contribution in [-0.4, -0.2) is 161 Å². The molecule has 0 radical (unpaired) electrons. The van der Waals surface area contributed by atoms with Gasteiger partial charge in [0, 0.05) is 68.7 Å². The fraction of sp³-hybridized carbons (Fsp3) is 0.393. The summed E-state index contributed by atoms with van der Waals surface area (Å²) in [5.74, 6) is 0.546. The van der Waals surface area contributed by atoms with Crippen molar-refractivity contribution in [3.8, 4) is 28.8 Å². The minimum absolute atomic E-state index is 0.00189. The van der Waals surface area contributed by atoms with Crippen LogP contribution in [0.5, 0.6) is 11.5 Å². The summed E-state index contributed by atoms with van der Waals surface area (Å²) in [6.07, 6.45) is 6.72. The minimum Gasteiger partial charge on any atom is -0.497 e. The number of nitriles is 1. The number of amides is 5. The molecular formula is C61H68Cl2FN13O8. The van der Waals surface area contributed by atoms with Crippen LogP contribution < -0.4 is 25.4 Å². The van der Waals surface area contributed by atoms with Gasteiger partial charge in [-0.05, 0) is 91.9 Å². The Bertz CT molecular complexity index is 3420. The zero-order valence-electron chi connectivity index (χ0n) is 47.9. The van der Waals surface area contributed by atoms with Gasteiger partial charge in [0.15, 0.2) is 11.6 Å². The summed E-state index contributed by atoms with van der Waals surface area (Å²) in [6.45, 7) is 10.1. The number of aromatic nitrogens is 4. The molecule has 4 aliphatic heterocycles. The van der Waals surface area contributed by atoms with E-state index in [0.717, 1.165) is 17.5 Å². The molecule has 3 N–H and O–H groups in total. The Morgan fingerprint density at radius 2 is 1.67 bits per heavy atom. The van der Waals surface area contributed by atoms with E-state index in [-0.39, 0.29) is 126 Å². The number of nitrogen functional groups attached to an aromatic ring is 1. The molecule has 6 heterocycles. The number of anilines is 2. The fourth-order valence-corrected chi connectivity index (χ4v) is 10.9. The number of hydrogen-bond donors (Lipinski definition) is 2. The molecule has 2 fully saturated rings. The van der Waals surface area contributed by atoms with E-state index in [1.165, 1.54) is 38.9 Å². The molecular weight excluding hydrogens is 1130 g/mol. The number of nitrogens with one attached hydrogen (secondary N) is 1. The van der Waals surface area contributed by atoms with Gasteiger partial charge in [-0.2, -0.15) is 10.4 Å². The van der Waals surface area contributed by atoms with Crippen molar-refractivity contribution in [3.63, 3.8) is 0 Å². The maximum atomic E-state index is 15.1. The number of ether oxygens (including phenoxy) is 4. The van der Waals surface area contributed by atoms with Crippen molar-refractivity contribution in [2.45, 2.75) is 76.8 Å². The van der Waals surface area contributed by atoms with Crippen molar-refractivity contribution in [3.05, 3.63) is 147 Å². The zero-order chi connectivity index (χ0) is 60.3. The van der Waals surface area contributed by atoms with E-state index in [1.54, 1.807) is 60.4 Å². The molecule has 446 valence electrons. The molecule has 0 saturated carbocycles. The maximum absolute atomic E-state index is 15.1. The van der Waals surface area contributed by atoms with Gasteiger partial charge in [-0.25, -0.2) is 19.2 Å². The second-order valence-electron chi connectivity index (χ2n) is 21.0. The number of urea groups is 1. The largest absolute Gasteiger partial charge is 0.497 e. The third kappa shape index (κ3) is 14.6. The van der Waals surface area contributed by atoms with Gasteiger partial charge in [0.2, 0.25) is 17.7 Å². The van der Waals surface area contributed by atoms with E-state index in [9.17, 15) is 24.0 Å². The molecule has 24 heteroatoms. The Morgan fingerprint density at radius 1 is 0.941 bits per heavy atom. The molecule has 0 spiro atoms. The van der Waals surface area contributed by atoms with Gasteiger partial charge >= 0.3 is 6.03 Å². The Balaban J connectivity index is 0.766. The Labute approximate surface area is 503 Å². The lowest BCUT2D eigenvalue weighted by Crippen LogP contribution is -2.56. The first-order valence-electron chi connectivity index (χ1n) is 28.1. The maximum Gasteiger partial charge on any atom is 0.326 e. The topological polar surface area (TPSA) is 239 Å². The predicted octanol–water partition coefficient (Wildman–Crippen LogP) is 8.24. The first-order valence-corrected chi connectivity index (χ1v) is 28.8. The number of aliphatic imine (C=N–C) groups is 1. The average Bonchev–Trinajstić information content (AvgIpc) is 3.09. The van der Waals surface area contributed by atoms with Crippen molar-refractivity contribution >= 4 is 64.4 Å². The molecule has 3 aromatic carbocycles. The monoisotopic (exact) mass is 1200 g/mol. The van der Waals surface area contributed by atoms with Gasteiger partial charge in [-0.1, -0.05) is 60.1 Å². The molecule has 4 aliphatic rings. The van der Waals surface area contributed by atoms with Crippen LogP contribution in [0.2, 0.25) is 10.0 Å². The molecule has 0 unspecified atom stereocenters. The molecule has 2 aromatic heterocycles. The number of fused-ring (bicyclic) bond motifs is 6. The minimum atomic E-state index is -0.644. The molecule has 5 aromatic rings. The van der Waals surface area contributed by atoms with E-state index in [4.69, 9.17) is 63.0 Å². The number of piperazine rings is 1. The summed E-state index contributed by atoms with van der Waals surface area (Å²) in [6, 6.07) is 20.4. The molecule has 85 heavy (non-hydrogen) atoms. The highest BCUT2D eigenvalue weighted by atomic mass is 35.5. The molecule has 2 bridgehead atoms. The van der Waals surface area contributed by atoms with Gasteiger partial charge in [-0.3, -0.25) is 29.0 Å². The highest BCUT2D eigenvalue weighted by molar-refractivity contribution is 6.30. The molecule has 2 saturated heterocycles. The van der Waals surface area contributed by atoms with Crippen molar-refractivity contribution in [1.82, 2.24) is 44.7 Å². The third-order valence-electron chi connectivity index (χ3n) is 14.9. The number of nitrogens with zero attached hydrogens (tertiary/aromatic N) is 11. The number of halogens is 3. The molecule has 0 aliphatic carbocycles. The summed E-state index contributed by atoms with van der Waals surface area (Å²) < 4.78 is 39.8. The number of benzene rings is 3. The van der Waals surface area contributed by atoms with Gasteiger partial charge in [0.1, 0.15) is 47.5 Å². The average molecular weight is 1200 g/mol. The van der Waals surface area contributed by atoms with Gasteiger partial charge in [0.25, 0.3) is 0 Å². The van der Waals surface area contributed by atoms with Crippen LogP contribution in [0.25, 0.3) is 11.3 Å². The number of nitrogens with two attached hydrogens (primary N) is 1. The molecule has 5 amide bonds. The molecule has 21 nitrogen and oxygen atoms in total. The second kappa shape index (κ2) is 28.0. The SMILES string of the molecule is C=C1/C=C(F)\C=C/CC(=O)N(C)Cc2nn(CCNC(=O)CCOCCOCCN3CCN(C(=O)N4C(c5ccc(OC)cc5OC(C)C)=N[C@@H](c5ccc(Cl)cc5)[C@H]4c4ccc(Cl)cc4)CC3=O)c(C#N)c2-c2cnc(N)c(n2)N2CCC[C@H]12. The van der Waals surface area contributed by atoms with Crippen LogP contribution in [0.1, 0.15) is 79.7 Å². The summed E-state index contributed by atoms with van der Waals surface area (Å²) in [5, 5.41) is 19.2. The van der Waals surface area contributed by atoms with E-state index in [0.29, 0.717) is 74.3 Å². The zero-order valence-corrected chi connectivity index (χ0v) is 49.4. The normalized spacial score (nSPS) is 19.3. The van der Waals surface area contributed by atoms with Crippen LogP contribution in [0, 0.1) is 11.3 Å². The second-order valence-corrected chi connectivity index (χ2v) is 21.9. The summed E-state index contributed by atoms with van der Waals surface area (Å²) in [4.78, 5) is 77.9. The number of rotatable bonds is 18.